The number of aromatic nitrogens is 1. The van der Waals surface area contributed by atoms with Crippen LogP contribution in [-0.4, -0.2) is 19.1 Å². The molecule has 0 atom stereocenters. The third kappa shape index (κ3) is 5.86. The lowest BCUT2D eigenvalue weighted by atomic mass is 9.96. The Kier molecular flexibility index (Phi) is 9.04. The molecule has 0 aliphatic carbocycles. The van der Waals surface area contributed by atoms with Crippen molar-refractivity contribution in [3.63, 3.8) is 0 Å². The molecular formula is C33H37BrClNO2Si. The minimum Gasteiger partial charge on any atom is -0.543 e. The first-order valence-electron chi connectivity index (χ1n) is 13.7. The number of carbonyl (C=O) groups is 1. The largest absolute Gasteiger partial charge is 0.543 e. The molecule has 0 amide bonds. The zero-order valence-corrected chi connectivity index (χ0v) is 27.2. The van der Waals surface area contributed by atoms with E-state index in [-0.39, 0.29) is 5.78 Å². The normalized spacial score (nSPS) is 12.1. The van der Waals surface area contributed by atoms with Crippen LogP contribution in [0.5, 0.6) is 5.75 Å². The summed E-state index contributed by atoms with van der Waals surface area (Å²) in [6, 6.07) is 21.6. The molecule has 204 valence electrons. The molecule has 39 heavy (non-hydrogen) atoms. The number of hydrogen-bond acceptors (Lipinski definition) is 3. The Bertz CT molecular complexity index is 1490. The van der Waals surface area contributed by atoms with Gasteiger partial charge in [0.25, 0.3) is 8.32 Å². The van der Waals surface area contributed by atoms with Crippen molar-refractivity contribution in [3.8, 4) is 16.9 Å². The van der Waals surface area contributed by atoms with Gasteiger partial charge in [-0.05, 0) is 94.3 Å². The SMILES string of the molecule is CCc1cc(C(=O)c2ccc3nc(Cl)cc(-c4cccc(O[Si](C(C)C)(C(C)C)C(C)C)c4)c3c2)ccc1Br. The molecule has 0 fully saturated rings. The Morgan fingerprint density at radius 1 is 0.897 bits per heavy atom. The zero-order valence-electron chi connectivity index (χ0n) is 23.8. The van der Waals surface area contributed by atoms with Crippen molar-refractivity contribution in [2.24, 2.45) is 0 Å². The fourth-order valence-electron chi connectivity index (χ4n) is 6.01. The van der Waals surface area contributed by atoms with E-state index in [0.717, 1.165) is 44.2 Å². The van der Waals surface area contributed by atoms with E-state index in [1.807, 2.05) is 48.5 Å². The smallest absolute Gasteiger partial charge is 0.258 e. The molecule has 0 spiro atoms. The number of aryl methyl sites for hydroxylation is 1. The molecule has 0 radical (unpaired) electrons. The fraction of sp³-hybridized carbons (Fsp3) is 0.333. The summed E-state index contributed by atoms with van der Waals surface area (Å²) >= 11 is 10.1. The summed E-state index contributed by atoms with van der Waals surface area (Å²) in [6.45, 7) is 15.8. The quantitative estimate of drug-likeness (QED) is 0.106. The third-order valence-corrected chi connectivity index (χ3v) is 14.8. The summed E-state index contributed by atoms with van der Waals surface area (Å²) < 4.78 is 7.99. The highest BCUT2D eigenvalue weighted by Gasteiger charge is 2.47. The second-order valence-corrected chi connectivity index (χ2v) is 17.8. The van der Waals surface area contributed by atoms with E-state index in [1.54, 1.807) is 0 Å². The molecule has 1 heterocycles. The molecular weight excluding hydrogens is 586 g/mol. The van der Waals surface area contributed by atoms with Crippen LogP contribution in [0.15, 0.2) is 71.2 Å². The Morgan fingerprint density at radius 2 is 1.54 bits per heavy atom. The lowest BCUT2D eigenvalue weighted by Crippen LogP contribution is -2.50. The van der Waals surface area contributed by atoms with Crippen LogP contribution in [-0.2, 0) is 6.42 Å². The minimum atomic E-state index is -2.12. The number of hydrogen-bond donors (Lipinski definition) is 0. The molecule has 0 saturated heterocycles. The standard InChI is InChI=1S/C33H37BrClNO2Si/c1-8-23-16-25(12-14-30(23)34)33(37)26-13-15-31-29(18-26)28(19-32(35)36-31)24-10-9-11-27(17-24)38-39(20(2)3,21(4)5)22(6)7/h9-22H,8H2,1-7H3. The third-order valence-electron chi connectivity index (χ3n) is 7.88. The lowest BCUT2D eigenvalue weighted by molar-refractivity contribution is 0.103. The van der Waals surface area contributed by atoms with Gasteiger partial charge in [-0.25, -0.2) is 4.98 Å². The molecule has 0 unspecified atom stereocenters. The highest BCUT2D eigenvalue weighted by Crippen LogP contribution is 2.43. The predicted molar refractivity (Wildman–Crippen MR) is 171 cm³/mol. The summed E-state index contributed by atoms with van der Waals surface area (Å²) in [5.41, 5.74) is 6.48. The second-order valence-electron chi connectivity index (χ2n) is 11.2. The Balaban J connectivity index is 1.80. The highest BCUT2D eigenvalue weighted by atomic mass is 79.9. The van der Waals surface area contributed by atoms with Crippen LogP contribution < -0.4 is 4.43 Å². The summed E-state index contributed by atoms with van der Waals surface area (Å²) in [4.78, 5) is 18.1. The van der Waals surface area contributed by atoms with Crippen molar-refractivity contribution in [2.45, 2.75) is 71.5 Å². The molecule has 3 aromatic carbocycles. The average molecular weight is 623 g/mol. The molecule has 0 aliphatic heterocycles. The number of benzene rings is 3. The Morgan fingerprint density at radius 3 is 2.18 bits per heavy atom. The first kappa shape index (κ1) is 29.5. The van der Waals surface area contributed by atoms with Crippen molar-refractivity contribution < 1.29 is 9.22 Å². The summed E-state index contributed by atoms with van der Waals surface area (Å²) in [7, 11) is -2.12. The van der Waals surface area contributed by atoms with Gasteiger partial charge in [0.15, 0.2) is 5.78 Å². The molecule has 4 rings (SSSR count). The maximum atomic E-state index is 13.5. The lowest BCUT2D eigenvalue weighted by Gasteiger charge is -2.42. The van der Waals surface area contributed by atoms with Crippen LogP contribution in [0.4, 0.5) is 0 Å². The van der Waals surface area contributed by atoms with Crippen LogP contribution in [0.3, 0.4) is 0 Å². The zero-order chi connectivity index (χ0) is 28.5. The number of halogens is 2. The minimum absolute atomic E-state index is 0.0151. The number of ketones is 1. The second kappa shape index (κ2) is 12.0. The van der Waals surface area contributed by atoms with Gasteiger partial charge in [-0.2, -0.15) is 0 Å². The van der Waals surface area contributed by atoms with E-state index in [2.05, 4.69) is 87.6 Å². The van der Waals surface area contributed by atoms with E-state index in [4.69, 9.17) is 16.0 Å². The molecule has 1 aromatic heterocycles. The highest BCUT2D eigenvalue weighted by molar-refractivity contribution is 9.10. The number of nitrogens with zero attached hydrogens (tertiary/aromatic N) is 1. The Labute approximate surface area is 247 Å². The summed E-state index contributed by atoms with van der Waals surface area (Å²) in [6.07, 6.45) is 0.846. The van der Waals surface area contributed by atoms with Crippen LogP contribution in [0.2, 0.25) is 21.8 Å². The van der Waals surface area contributed by atoms with Gasteiger partial charge >= 0.3 is 0 Å². The van der Waals surface area contributed by atoms with Gasteiger partial charge in [-0.1, -0.05) is 88.1 Å². The van der Waals surface area contributed by atoms with Crippen molar-refractivity contribution in [3.05, 3.63) is 93.0 Å². The van der Waals surface area contributed by atoms with Gasteiger partial charge in [0, 0.05) is 21.0 Å². The molecule has 0 N–H and O–H groups in total. The van der Waals surface area contributed by atoms with E-state index in [1.165, 1.54) is 0 Å². The molecule has 0 aliphatic rings. The molecule has 0 bridgehead atoms. The van der Waals surface area contributed by atoms with Gasteiger partial charge < -0.3 is 4.43 Å². The number of pyridine rings is 1. The maximum absolute atomic E-state index is 13.5. The summed E-state index contributed by atoms with van der Waals surface area (Å²) in [5.74, 6) is 0.865. The van der Waals surface area contributed by atoms with Crippen molar-refractivity contribution in [2.75, 3.05) is 0 Å². The molecule has 0 saturated carbocycles. The molecule has 3 nitrogen and oxygen atoms in total. The van der Waals surface area contributed by atoms with E-state index >= 15 is 0 Å². The summed E-state index contributed by atoms with van der Waals surface area (Å²) in [5, 5.41) is 1.30. The van der Waals surface area contributed by atoms with Gasteiger partial charge in [0.1, 0.15) is 10.9 Å². The van der Waals surface area contributed by atoms with Crippen molar-refractivity contribution in [1.82, 2.24) is 4.98 Å². The van der Waals surface area contributed by atoms with Crippen LogP contribution in [0.25, 0.3) is 22.0 Å². The fourth-order valence-corrected chi connectivity index (χ4v) is 12.0. The van der Waals surface area contributed by atoms with Crippen LogP contribution in [0.1, 0.15) is 70.0 Å². The monoisotopic (exact) mass is 621 g/mol. The van der Waals surface area contributed by atoms with Gasteiger partial charge in [0.05, 0.1) is 5.52 Å². The van der Waals surface area contributed by atoms with E-state index in [9.17, 15) is 4.79 Å². The van der Waals surface area contributed by atoms with Crippen LogP contribution >= 0.6 is 27.5 Å². The van der Waals surface area contributed by atoms with Gasteiger partial charge in [-0.3, -0.25) is 4.79 Å². The molecule has 6 heteroatoms. The Hall–Kier alpha value is -2.47. The average Bonchev–Trinajstić information content (AvgIpc) is 2.90. The number of fused-ring (bicyclic) bond motifs is 1. The van der Waals surface area contributed by atoms with Crippen molar-refractivity contribution >= 4 is 52.5 Å². The van der Waals surface area contributed by atoms with E-state index in [0.29, 0.717) is 32.9 Å². The topological polar surface area (TPSA) is 39.2 Å². The van der Waals surface area contributed by atoms with Crippen LogP contribution in [0, 0.1) is 0 Å². The van der Waals surface area contributed by atoms with E-state index < -0.39 is 8.32 Å². The first-order chi connectivity index (χ1) is 18.5. The maximum Gasteiger partial charge on any atom is 0.258 e. The number of carbonyl (C=O) groups excluding carboxylic acids is 1. The molecule has 4 aromatic rings. The number of rotatable bonds is 9. The first-order valence-corrected chi connectivity index (χ1v) is 17.0. The predicted octanol–water partition coefficient (Wildman–Crippen LogP) is 10.7. The van der Waals surface area contributed by atoms with Crippen molar-refractivity contribution in [1.29, 1.82) is 0 Å². The van der Waals surface area contributed by atoms with Gasteiger partial charge in [0.2, 0.25) is 0 Å². The van der Waals surface area contributed by atoms with Gasteiger partial charge in [-0.15, -0.1) is 0 Å².